The van der Waals surface area contributed by atoms with Gasteiger partial charge in [0.2, 0.25) is 0 Å². The molecule has 7 heteroatoms. The molecule has 0 amide bonds. The summed E-state index contributed by atoms with van der Waals surface area (Å²) < 4.78 is 6.98. The smallest absolute Gasteiger partial charge is 0.336 e. The molecule has 0 bridgehead atoms. The Balaban J connectivity index is 1.84. The van der Waals surface area contributed by atoms with Gasteiger partial charge in [-0.15, -0.1) is 5.10 Å². The molecule has 0 radical (unpaired) electrons. The number of benzene rings is 1. The molecule has 1 aliphatic heterocycles. The maximum atomic E-state index is 13.2. The topological polar surface area (TPSA) is 86.1 Å². The summed E-state index contributed by atoms with van der Waals surface area (Å²) >= 11 is 0. The Kier molecular flexibility index (Phi) is 5.05. The van der Waals surface area contributed by atoms with Gasteiger partial charge in [0.15, 0.2) is 5.78 Å². The number of dihydropyridines is 1. The highest BCUT2D eigenvalue weighted by Crippen LogP contribution is 2.46. The lowest BCUT2D eigenvalue weighted by molar-refractivity contribution is -0.138. The number of nitrogens with zero attached hydrogens (tertiary/aromatic N) is 3. The van der Waals surface area contributed by atoms with E-state index in [1.807, 2.05) is 37.3 Å². The molecule has 2 heterocycles. The maximum absolute atomic E-state index is 13.2. The van der Waals surface area contributed by atoms with Crippen molar-refractivity contribution < 1.29 is 14.3 Å². The van der Waals surface area contributed by atoms with Crippen molar-refractivity contribution in [2.75, 3.05) is 6.61 Å². The fourth-order valence-corrected chi connectivity index (χ4v) is 4.33. The molecule has 1 aromatic carbocycles. The Hall–Kier alpha value is -3.22. The highest BCUT2D eigenvalue weighted by atomic mass is 16.5. The number of aromatic nitrogens is 3. The van der Waals surface area contributed by atoms with E-state index in [0.717, 1.165) is 17.8 Å². The number of carbonyl (C=O) groups is 2. The van der Waals surface area contributed by atoms with E-state index in [1.165, 1.54) is 0 Å². The van der Waals surface area contributed by atoms with E-state index in [-0.39, 0.29) is 17.8 Å². The molecule has 1 atom stereocenters. The summed E-state index contributed by atoms with van der Waals surface area (Å²) in [6.07, 6.45) is 2.94. The van der Waals surface area contributed by atoms with Gasteiger partial charge in [-0.05, 0) is 37.8 Å². The molecule has 0 saturated heterocycles. The number of esters is 1. The first-order valence-corrected chi connectivity index (χ1v) is 10.2. The molecule has 1 N–H and O–H groups in total. The SMILES string of the molecule is CCOC(=O)C1=C(C)NC2=C(C(=O)CC(C)(C)C2)C1c1cn(-c2ccccc2)nn1. The molecule has 7 nitrogen and oxygen atoms in total. The van der Waals surface area contributed by atoms with Crippen molar-refractivity contribution in [2.45, 2.75) is 46.5 Å². The van der Waals surface area contributed by atoms with Crippen LogP contribution in [0.15, 0.2) is 59.1 Å². The minimum absolute atomic E-state index is 0.0299. The predicted molar refractivity (Wildman–Crippen MR) is 112 cm³/mol. The van der Waals surface area contributed by atoms with E-state index >= 15 is 0 Å². The second-order valence-electron chi connectivity index (χ2n) is 8.57. The van der Waals surface area contributed by atoms with Crippen molar-refractivity contribution in [1.82, 2.24) is 20.3 Å². The number of hydrogen-bond donors (Lipinski definition) is 1. The van der Waals surface area contributed by atoms with Crippen LogP contribution in [-0.4, -0.2) is 33.4 Å². The number of ketones is 1. The fraction of sp³-hybridized carbons (Fsp3) is 0.391. The molecule has 0 saturated carbocycles. The fourth-order valence-electron chi connectivity index (χ4n) is 4.33. The zero-order valence-electron chi connectivity index (χ0n) is 17.7. The third kappa shape index (κ3) is 3.56. The van der Waals surface area contributed by atoms with Gasteiger partial charge in [-0.1, -0.05) is 37.3 Å². The average Bonchev–Trinajstić information content (AvgIpc) is 3.16. The largest absolute Gasteiger partial charge is 0.463 e. The zero-order chi connectivity index (χ0) is 21.5. The lowest BCUT2D eigenvalue weighted by Gasteiger charge is -2.38. The number of Topliss-reactive ketones (excluding diaryl/α,β-unsaturated/α-hetero) is 1. The van der Waals surface area contributed by atoms with E-state index in [0.29, 0.717) is 29.0 Å². The van der Waals surface area contributed by atoms with Gasteiger partial charge < -0.3 is 10.1 Å². The third-order valence-electron chi connectivity index (χ3n) is 5.56. The molecule has 0 spiro atoms. The molecule has 1 aliphatic carbocycles. The lowest BCUT2D eigenvalue weighted by atomic mass is 9.69. The van der Waals surface area contributed by atoms with Gasteiger partial charge in [0.25, 0.3) is 0 Å². The predicted octanol–water partition coefficient (Wildman–Crippen LogP) is 3.43. The summed E-state index contributed by atoms with van der Waals surface area (Å²) in [5.41, 5.74) is 3.85. The first-order chi connectivity index (χ1) is 14.3. The monoisotopic (exact) mass is 406 g/mol. The molecule has 2 aliphatic rings. The Morgan fingerprint density at radius 3 is 2.70 bits per heavy atom. The first-order valence-electron chi connectivity index (χ1n) is 10.2. The highest BCUT2D eigenvalue weighted by Gasteiger charge is 2.44. The summed E-state index contributed by atoms with van der Waals surface area (Å²) in [6.45, 7) is 8.03. The third-order valence-corrected chi connectivity index (χ3v) is 5.56. The summed E-state index contributed by atoms with van der Waals surface area (Å²) in [5.74, 6) is -1.00. The van der Waals surface area contributed by atoms with Crippen molar-refractivity contribution in [3.8, 4) is 5.69 Å². The number of para-hydroxylation sites is 1. The molecule has 30 heavy (non-hydrogen) atoms. The second-order valence-corrected chi connectivity index (χ2v) is 8.57. The van der Waals surface area contributed by atoms with Crippen molar-refractivity contribution in [2.24, 2.45) is 5.41 Å². The van der Waals surface area contributed by atoms with Crippen LogP contribution in [0.25, 0.3) is 5.69 Å². The minimum atomic E-state index is -0.596. The van der Waals surface area contributed by atoms with Crippen molar-refractivity contribution in [1.29, 1.82) is 0 Å². The van der Waals surface area contributed by atoms with Crippen LogP contribution < -0.4 is 5.32 Å². The average molecular weight is 406 g/mol. The highest BCUT2D eigenvalue weighted by molar-refractivity contribution is 6.04. The normalized spacial score (nSPS) is 20.7. The molecule has 1 aromatic heterocycles. The van der Waals surface area contributed by atoms with Crippen LogP contribution in [0.2, 0.25) is 0 Å². The van der Waals surface area contributed by atoms with E-state index in [4.69, 9.17) is 4.74 Å². The van der Waals surface area contributed by atoms with Crippen LogP contribution in [0, 0.1) is 5.41 Å². The molecule has 0 fully saturated rings. The first kappa shape index (κ1) is 20.1. The maximum Gasteiger partial charge on any atom is 0.336 e. The lowest BCUT2D eigenvalue weighted by Crippen LogP contribution is -2.38. The Labute approximate surface area is 175 Å². The Bertz CT molecular complexity index is 1060. The molecular weight excluding hydrogens is 380 g/mol. The molecule has 156 valence electrons. The van der Waals surface area contributed by atoms with Crippen LogP contribution in [0.4, 0.5) is 0 Å². The van der Waals surface area contributed by atoms with Gasteiger partial charge in [0.05, 0.1) is 35.7 Å². The summed E-state index contributed by atoms with van der Waals surface area (Å²) in [7, 11) is 0. The summed E-state index contributed by atoms with van der Waals surface area (Å²) in [6, 6.07) is 9.62. The van der Waals surface area contributed by atoms with Gasteiger partial charge in [-0.2, -0.15) is 0 Å². The van der Waals surface area contributed by atoms with Gasteiger partial charge >= 0.3 is 5.97 Å². The van der Waals surface area contributed by atoms with Crippen LogP contribution >= 0.6 is 0 Å². The molecule has 4 rings (SSSR count). The summed E-state index contributed by atoms with van der Waals surface area (Å²) in [4.78, 5) is 26.1. The van der Waals surface area contributed by atoms with Gasteiger partial charge in [-0.25, -0.2) is 9.48 Å². The number of nitrogens with one attached hydrogen (secondary N) is 1. The number of ether oxygens (including phenoxy) is 1. The number of hydrogen-bond acceptors (Lipinski definition) is 6. The van der Waals surface area contributed by atoms with Gasteiger partial charge in [0.1, 0.15) is 0 Å². The van der Waals surface area contributed by atoms with Crippen molar-refractivity contribution >= 4 is 11.8 Å². The second kappa shape index (κ2) is 7.55. The van der Waals surface area contributed by atoms with E-state index in [1.54, 1.807) is 17.8 Å². The Morgan fingerprint density at radius 1 is 1.27 bits per heavy atom. The standard InChI is InChI=1S/C23H26N4O3/c1-5-30-22(29)19-14(2)24-16-11-23(3,4)12-18(28)20(16)21(19)17-13-27(26-25-17)15-9-7-6-8-10-15/h6-10,13,21,24H,5,11-12H2,1-4H3. The van der Waals surface area contributed by atoms with E-state index in [9.17, 15) is 9.59 Å². The van der Waals surface area contributed by atoms with Crippen LogP contribution in [-0.2, 0) is 14.3 Å². The quantitative estimate of drug-likeness (QED) is 0.783. The van der Waals surface area contributed by atoms with Gasteiger partial charge in [0, 0.05) is 23.4 Å². The van der Waals surface area contributed by atoms with Crippen molar-refractivity contribution in [3.63, 3.8) is 0 Å². The zero-order valence-corrected chi connectivity index (χ0v) is 17.7. The molecular formula is C23H26N4O3. The van der Waals surface area contributed by atoms with E-state index in [2.05, 4.69) is 29.5 Å². The number of allylic oxidation sites excluding steroid dienone is 3. The van der Waals surface area contributed by atoms with Crippen LogP contribution in [0.5, 0.6) is 0 Å². The van der Waals surface area contributed by atoms with Crippen LogP contribution in [0.3, 0.4) is 0 Å². The summed E-state index contributed by atoms with van der Waals surface area (Å²) in [5, 5.41) is 11.9. The van der Waals surface area contributed by atoms with Gasteiger partial charge in [-0.3, -0.25) is 4.79 Å². The Morgan fingerprint density at radius 2 is 2.00 bits per heavy atom. The number of rotatable bonds is 4. The molecule has 2 aromatic rings. The van der Waals surface area contributed by atoms with E-state index < -0.39 is 11.9 Å². The molecule has 1 unspecified atom stereocenters. The van der Waals surface area contributed by atoms with Crippen LogP contribution in [0.1, 0.15) is 52.1 Å². The minimum Gasteiger partial charge on any atom is -0.463 e. The number of carbonyl (C=O) groups excluding carboxylic acids is 2. The van der Waals surface area contributed by atoms with Crippen molar-refractivity contribution in [3.05, 3.63) is 64.8 Å².